The van der Waals surface area contributed by atoms with Gasteiger partial charge >= 0.3 is 0 Å². The van der Waals surface area contributed by atoms with E-state index in [1.54, 1.807) is 0 Å². The second kappa shape index (κ2) is 8.50. The van der Waals surface area contributed by atoms with Crippen molar-refractivity contribution in [1.82, 2.24) is 0 Å². The van der Waals surface area contributed by atoms with Crippen molar-refractivity contribution in [3.63, 3.8) is 0 Å². The number of nitrogens with zero attached hydrogens (tertiary/aromatic N) is 1. The van der Waals surface area contributed by atoms with Gasteiger partial charge in [-0.2, -0.15) is 5.26 Å². The van der Waals surface area contributed by atoms with Crippen LogP contribution in [0, 0.1) is 35.0 Å². The summed E-state index contributed by atoms with van der Waals surface area (Å²) in [5.41, 5.74) is 0. The molecule has 0 atom stereocenters. The van der Waals surface area contributed by atoms with Gasteiger partial charge in [0.15, 0.2) is 0 Å². The van der Waals surface area contributed by atoms with Crippen molar-refractivity contribution in [2.24, 2.45) is 23.7 Å². The van der Waals surface area contributed by atoms with E-state index in [0.29, 0.717) is 5.92 Å². The normalized spacial score (nSPS) is 35.0. The Balaban J connectivity index is 1.60. The first-order valence-electron chi connectivity index (χ1n) is 8.88. The molecule has 0 unspecified atom stereocenters. The standard InChI is InChI=1S/C19H31N/c1-2-3-4-16-5-7-17(8-6-16)9-10-18-11-13-19(15-20)14-12-18/h3-4,16-19H,2,5-14H2,1H3/b4-3+/t16-,17-,18-,19-. The van der Waals surface area contributed by atoms with E-state index in [0.717, 1.165) is 30.6 Å². The van der Waals surface area contributed by atoms with Gasteiger partial charge in [-0.25, -0.2) is 0 Å². The monoisotopic (exact) mass is 273 g/mol. The maximum absolute atomic E-state index is 8.94. The molecule has 0 bridgehead atoms. The van der Waals surface area contributed by atoms with Crippen molar-refractivity contribution in [3.05, 3.63) is 12.2 Å². The highest BCUT2D eigenvalue weighted by Crippen LogP contribution is 2.36. The Hall–Kier alpha value is -0.770. The average molecular weight is 273 g/mol. The zero-order chi connectivity index (χ0) is 14.2. The highest BCUT2D eigenvalue weighted by molar-refractivity contribution is 4.91. The first-order chi connectivity index (χ1) is 9.81. The second-order valence-corrected chi connectivity index (χ2v) is 7.04. The summed E-state index contributed by atoms with van der Waals surface area (Å²) < 4.78 is 0. The van der Waals surface area contributed by atoms with Crippen molar-refractivity contribution in [2.75, 3.05) is 0 Å². The zero-order valence-electron chi connectivity index (χ0n) is 13.2. The van der Waals surface area contributed by atoms with Crippen LogP contribution in [0.2, 0.25) is 0 Å². The van der Waals surface area contributed by atoms with Crippen LogP contribution in [-0.2, 0) is 0 Å². The molecule has 112 valence electrons. The summed E-state index contributed by atoms with van der Waals surface area (Å²) >= 11 is 0. The van der Waals surface area contributed by atoms with Gasteiger partial charge in [-0.1, -0.05) is 31.9 Å². The van der Waals surface area contributed by atoms with Crippen molar-refractivity contribution in [2.45, 2.75) is 77.6 Å². The van der Waals surface area contributed by atoms with Crippen LogP contribution < -0.4 is 0 Å². The second-order valence-electron chi connectivity index (χ2n) is 7.04. The quantitative estimate of drug-likeness (QED) is 0.575. The number of hydrogen-bond donors (Lipinski definition) is 0. The van der Waals surface area contributed by atoms with Crippen molar-refractivity contribution in [3.8, 4) is 6.07 Å². The van der Waals surface area contributed by atoms with Crippen LogP contribution in [0.25, 0.3) is 0 Å². The number of nitriles is 1. The molecular weight excluding hydrogens is 242 g/mol. The summed E-state index contributed by atoms with van der Waals surface area (Å²) in [7, 11) is 0. The van der Waals surface area contributed by atoms with Crippen LogP contribution in [0.5, 0.6) is 0 Å². The first-order valence-corrected chi connectivity index (χ1v) is 8.88. The molecule has 0 aliphatic heterocycles. The minimum Gasteiger partial charge on any atom is -0.198 e. The molecule has 0 N–H and O–H groups in total. The lowest BCUT2D eigenvalue weighted by Gasteiger charge is -2.30. The van der Waals surface area contributed by atoms with E-state index in [1.165, 1.54) is 57.8 Å². The van der Waals surface area contributed by atoms with Crippen LogP contribution in [-0.4, -0.2) is 0 Å². The molecule has 2 saturated carbocycles. The third-order valence-corrected chi connectivity index (χ3v) is 5.55. The van der Waals surface area contributed by atoms with E-state index in [4.69, 9.17) is 5.26 Å². The number of hydrogen-bond acceptors (Lipinski definition) is 1. The van der Waals surface area contributed by atoms with Crippen LogP contribution in [0.3, 0.4) is 0 Å². The van der Waals surface area contributed by atoms with Crippen molar-refractivity contribution >= 4 is 0 Å². The summed E-state index contributed by atoms with van der Waals surface area (Å²) in [6.07, 6.45) is 19.6. The summed E-state index contributed by atoms with van der Waals surface area (Å²) in [4.78, 5) is 0. The smallest absolute Gasteiger partial charge is 0.0655 e. The fourth-order valence-corrected chi connectivity index (χ4v) is 4.05. The van der Waals surface area contributed by atoms with Gasteiger partial charge in [0.2, 0.25) is 0 Å². The van der Waals surface area contributed by atoms with Gasteiger partial charge < -0.3 is 0 Å². The Kier molecular flexibility index (Phi) is 6.64. The first kappa shape index (κ1) is 15.6. The number of allylic oxidation sites excluding steroid dienone is 2. The minimum absolute atomic E-state index is 0.368. The lowest BCUT2D eigenvalue weighted by molar-refractivity contribution is 0.242. The van der Waals surface area contributed by atoms with E-state index in [2.05, 4.69) is 25.1 Å². The van der Waals surface area contributed by atoms with Crippen molar-refractivity contribution in [1.29, 1.82) is 5.26 Å². The molecular formula is C19H31N. The predicted octanol–water partition coefficient (Wildman–Crippen LogP) is 5.87. The highest BCUT2D eigenvalue weighted by Gasteiger charge is 2.23. The predicted molar refractivity (Wildman–Crippen MR) is 85.2 cm³/mol. The van der Waals surface area contributed by atoms with Crippen LogP contribution in [0.1, 0.15) is 77.6 Å². The fraction of sp³-hybridized carbons (Fsp3) is 0.842. The lowest BCUT2D eigenvalue weighted by Crippen LogP contribution is -2.17. The van der Waals surface area contributed by atoms with Gasteiger partial charge in [0.1, 0.15) is 0 Å². The molecule has 0 radical (unpaired) electrons. The summed E-state index contributed by atoms with van der Waals surface area (Å²) in [5, 5.41) is 8.94. The third kappa shape index (κ3) is 4.97. The molecule has 0 saturated heterocycles. The van der Waals surface area contributed by atoms with E-state index >= 15 is 0 Å². The van der Waals surface area contributed by atoms with Crippen LogP contribution >= 0.6 is 0 Å². The van der Waals surface area contributed by atoms with Crippen LogP contribution in [0.4, 0.5) is 0 Å². The molecule has 2 rings (SSSR count). The van der Waals surface area contributed by atoms with Gasteiger partial charge in [-0.05, 0) is 75.5 Å². The van der Waals surface area contributed by atoms with E-state index in [1.807, 2.05) is 0 Å². The molecule has 0 aromatic rings. The molecule has 0 amide bonds. The summed E-state index contributed by atoms with van der Waals surface area (Å²) in [5.74, 6) is 3.16. The maximum Gasteiger partial charge on any atom is 0.0655 e. The zero-order valence-corrected chi connectivity index (χ0v) is 13.2. The Bertz CT molecular complexity index is 322. The third-order valence-electron chi connectivity index (χ3n) is 5.55. The molecule has 20 heavy (non-hydrogen) atoms. The van der Waals surface area contributed by atoms with Crippen LogP contribution in [0.15, 0.2) is 12.2 Å². The van der Waals surface area contributed by atoms with Gasteiger partial charge in [0, 0.05) is 5.92 Å². The van der Waals surface area contributed by atoms with Gasteiger partial charge in [-0.3, -0.25) is 0 Å². The summed E-state index contributed by atoms with van der Waals surface area (Å²) in [6.45, 7) is 2.23. The molecule has 0 aromatic heterocycles. The molecule has 2 fully saturated rings. The summed E-state index contributed by atoms with van der Waals surface area (Å²) in [6, 6.07) is 2.45. The van der Waals surface area contributed by atoms with Gasteiger partial charge in [-0.15, -0.1) is 0 Å². The Morgan fingerprint density at radius 3 is 1.95 bits per heavy atom. The maximum atomic E-state index is 8.94. The molecule has 0 aromatic carbocycles. The average Bonchev–Trinajstić information content (AvgIpc) is 2.52. The van der Waals surface area contributed by atoms with Gasteiger partial charge in [0.05, 0.1) is 6.07 Å². The Morgan fingerprint density at radius 1 is 0.900 bits per heavy atom. The van der Waals surface area contributed by atoms with E-state index in [9.17, 15) is 0 Å². The largest absolute Gasteiger partial charge is 0.198 e. The Morgan fingerprint density at radius 2 is 1.45 bits per heavy atom. The lowest BCUT2D eigenvalue weighted by atomic mass is 9.76. The molecule has 0 heterocycles. The number of rotatable bonds is 5. The molecule has 1 nitrogen and oxygen atoms in total. The van der Waals surface area contributed by atoms with Crippen molar-refractivity contribution < 1.29 is 0 Å². The van der Waals surface area contributed by atoms with Gasteiger partial charge in [0.25, 0.3) is 0 Å². The van der Waals surface area contributed by atoms with E-state index in [-0.39, 0.29) is 0 Å². The molecule has 2 aliphatic carbocycles. The fourth-order valence-electron chi connectivity index (χ4n) is 4.05. The molecule has 2 aliphatic rings. The molecule has 1 heteroatoms. The highest BCUT2D eigenvalue weighted by atomic mass is 14.3. The molecule has 0 spiro atoms. The minimum atomic E-state index is 0.368. The topological polar surface area (TPSA) is 23.8 Å². The Labute approximate surface area is 125 Å². The van der Waals surface area contributed by atoms with E-state index < -0.39 is 0 Å². The SMILES string of the molecule is CC/C=C/[C@H]1CC[C@H](CC[C@H]2CC[C@H](C#N)CC2)CC1.